The molecular formula is C20H26ClN4O2. The van der Waals surface area contributed by atoms with Crippen molar-refractivity contribution in [2.75, 3.05) is 19.6 Å². The van der Waals surface area contributed by atoms with Crippen molar-refractivity contribution in [2.45, 2.75) is 56.7 Å². The number of likely N-dealkylation sites (tertiary alicyclic amines) is 1. The molecule has 4 unspecified atom stereocenters. The van der Waals surface area contributed by atoms with E-state index >= 15 is 0 Å². The summed E-state index contributed by atoms with van der Waals surface area (Å²) < 4.78 is 5.38. The average molecular weight is 390 g/mol. The lowest BCUT2D eigenvalue weighted by Crippen LogP contribution is -2.52. The molecule has 0 spiro atoms. The van der Waals surface area contributed by atoms with E-state index in [1.807, 2.05) is 0 Å². The van der Waals surface area contributed by atoms with Crippen LogP contribution in [0.1, 0.15) is 55.0 Å². The predicted octanol–water partition coefficient (Wildman–Crippen LogP) is 2.94. The molecule has 1 aromatic heterocycles. The fraction of sp³-hybridized carbons (Fsp3) is 0.600. The van der Waals surface area contributed by atoms with Gasteiger partial charge >= 0.3 is 0 Å². The minimum absolute atomic E-state index is 0.0485. The van der Waals surface area contributed by atoms with Crippen molar-refractivity contribution in [1.82, 2.24) is 20.4 Å². The SMILES string of the molecule is CCc1ccc(C2CC(c3nc(Cl)no3)CN(C3CC(O)CC[N]3)C2)cc1. The van der Waals surface area contributed by atoms with Crippen LogP contribution in [0.2, 0.25) is 5.28 Å². The largest absolute Gasteiger partial charge is 0.393 e. The zero-order valence-electron chi connectivity index (χ0n) is 15.6. The molecule has 1 radical (unpaired) electrons. The average Bonchev–Trinajstić information content (AvgIpc) is 3.14. The number of aliphatic hydroxyl groups excluding tert-OH is 1. The molecule has 3 heterocycles. The molecule has 0 aliphatic carbocycles. The van der Waals surface area contributed by atoms with Gasteiger partial charge in [0.2, 0.25) is 5.89 Å². The lowest BCUT2D eigenvalue weighted by molar-refractivity contribution is 0.0283. The number of piperidine rings is 2. The van der Waals surface area contributed by atoms with E-state index in [1.54, 1.807) is 0 Å². The quantitative estimate of drug-likeness (QED) is 0.869. The van der Waals surface area contributed by atoms with Crippen molar-refractivity contribution in [2.24, 2.45) is 0 Å². The molecule has 0 amide bonds. The summed E-state index contributed by atoms with van der Waals surface area (Å²) in [5.74, 6) is 1.06. The Bertz CT molecular complexity index is 751. The molecular weight excluding hydrogens is 364 g/mol. The molecule has 2 aromatic rings. The van der Waals surface area contributed by atoms with E-state index in [-0.39, 0.29) is 23.5 Å². The number of benzene rings is 1. The number of halogens is 1. The molecule has 2 fully saturated rings. The molecule has 27 heavy (non-hydrogen) atoms. The van der Waals surface area contributed by atoms with Crippen molar-refractivity contribution in [3.05, 3.63) is 46.6 Å². The number of rotatable bonds is 4. The fourth-order valence-corrected chi connectivity index (χ4v) is 4.40. The molecule has 2 aliphatic heterocycles. The summed E-state index contributed by atoms with van der Waals surface area (Å²) in [7, 11) is 0. The first-order valence-corrected chi connectivity index (χ1v) is 10.2. The second-order valence-corrected chi connectivity index (χ2v) is 7.98. The molecule has 4 rings (SSSR count). The van der Waals surface area contributed by atoms with E-state index in [0.29, 0.717) is 18.2 Å². The molecule has 4 atom stereocenters. The Morgan fingerprint density at radius 2 is 1.96 bits per heavy atom. The smallest absolute Gasteiger partial charge is 0.263 e. The van der Waals surface area contributed by atoms with Gasteiger partial charge in [0.25, 0.3) is 5.28 Å². The highest BCUT2D eigenvalue weighted by Crippen LogP contribution is 2.37. The zero-order chi connectivity index (χ0) is 18.8. The topological polar surface area (TPSA) is 76.5 Å². The highest BCUT2D eigenvalue weighted by atomic mass is 35.5. The fourth-order valence-electron chi connectivity index (χ4n) is 4.28. The Morgan fingerprint density at radius 3 is 2.63 bits per heavy atom. The van der Waals surface area contributed by atoms with Gasteiger partial charge < -0.3 is 9.63 Å². The van der Waals surface area contributed by atoms with Crippen LogP contribution in [0.3, 0.4) is 0 Å². The summed E-state index contributed by atoms with van der Waals surface area (Å²) in [5.41, 5.74) is 2.67. The molecule has 2 aliphatic rings. The molecule has 6 nitrogen and oxygen atoms in total. The van der Waals surface area contributed by atoms with Gasteiger partial charge in [-0.15, -0.1) is 0 Å². The summed E-state index contributed by atoms with van der Waals surface area (Å²) in [5, 5.41) is 18.8. The third-order valence-electron chi connectivity index (χ3n) is 5.81. The number of aromatic nitrogens is 2. The Hall–Kier alpha value is -1.47. The van der Waals surface area contributed by atoms with Crippen LogP contribution in [-0.2, 0) is 6.42 Å². The van der Waals surface area contributed by atoms with Gasteiger partial charge in [-0.25, -0.2) is 5.32 Å². The van der Waals surface area contributed by atoms with Crippen LogP contribution in [0, 0.1) is 0 Å². The summed E-state index contributed by atoms with van der Waals surface area (Å²) in [6, 6.07) is 8.89. The van der Waals surface area contributed by atoms with Gasteiger partial charge in [0, 0.05) is 26.1 Å². The van der Waals surface area contributed by atoms with E-state index in [4.69, 9.17) is 21.4 Å². The summed E-state index contributed by atoms with van der Waals surface area (Å²) >= 11 is 5.89. The van der Waals surface area contributed by atoms with E-state index < -0.39 is 0 Å². The summed E-state index contributed by atoms with van der Waals surface area (Å²) in [6.07, 6.45) is 3.21. The molecule has 1 aromatic carbocycles. The van der Waals surface area contributed by atoms with Gasteiger partial charge in [0.1, 0.15) is 0 Å². The van der Waals surface area contributed by atoms with Crippen LogP contribution in [0.4, 0.5) is 0 Å². The third-order valence-corrected chi connectivity index (χ3v) is 5.96. The van der Waals surface area contributed by atoms with Crippen molar-refractivity contribution in [3.8, 4) is 0 Å². The third kappa shape index (κ3) is 4.35. The van der Waals surface area contributed by atoms with Crippen molar-refractivity contribution >= 4 is 11.6 Å². The van der Waals surface area contributed by atoms with Gasteiger partial charge in [-0.1, -0.05) is 31.2 Å². The first-order valence-electron chi connectivity index (χ1n) is 9.79. The molecule has 7 heteroatoms. The number of hydrogen-bond acceptors (Lipinski definition) is 5. The van der Waals surface area contributed by atoms with E-state index in [9.17, 15) is 5.11 Å². The van der Waals surface area contributed by atoms with Crippen LogP contribution >= 0.6 is 11.6 Å². The maximum absolute atomic E-state index is 10.1. The minimum atomic E-state index is -0.270. The summed E-state index contributed by atoms with van der Waals surface area (Å²) in [4.78, 5) is 6.63. The highest BCUT2D eigenvalue weighted by Gasteiger charge is 2.37. The van der Waals surface area contributed by atoms with Gasteiger partial charge in [-0.3, -0.25) is 4.90 Å². The van der Waals surface area contributed by atoms with E-state index in [2.05, 4.69) is 46.2 Å². The number of nitrogens with zero attached hydrogens (tertiary/aromatic N) is 4. The predicted molar refractivity (Wildman–Crippen MR) is 103 cm³/mol. The van der Waals surface area contributed by atoms with Crippen LogP contribution in [0.25, 0.3) is 0 Å². The Morgan fingerprint density at radius 1 is 1.19 bits per heavy atom. The number of hydrogen-bond donors (Lipinski definition) is 1. The first-order chi connectivity index (χ1) is 13.1. The lowest BCUT2D eigenvalue weighted by atomic mass is 9.83. The normalized spacial score (nSPS) is 29.7. The van der Waals surface area contributed by atoms with E-state index in [1.165, 1.54) is 11.1 Å². The Balaban J connectivity index is 1.57. The van der Waals surface area contributed by atoms with Gasteiger partial charge in [-0.2, -0.15) is 4.98 Å². The summed E-state index contributed by atoms with van der Waals surface area (Å²) in [6.45, 7) is 4.60. The van der Waals surface area contributed by atoms with Crippen molar-refractivity contribution < 1.29 is 9.63 Å². The molecule has 145 valence electrons. The lowest BCUT2D eigenvalue weighted by Gasteiger charge is -2.42. The maximum atomic E-state index is 10.1. The Labute approximate surface area is 164 Å². The van der Waals surface area contributed by atoms with Crippen LogP contribution in [0.15, 0.2) is 28.8 Å². The first kappa shape index (κ1) is 18.9. The van der Waals surface area contributed by atoms with Crippen LogP contribution in [-0.4, -0.2) is 52.1 Å². The Kier molecular flexibility index (Phi) is 5.78. The molecule has 0 bridgehead atoms. The number of aliphatic hydroxyl groups is 1. The van der Waals surface area contributed by atoms with Crippen molar-refractivity contribution in [3.63, 3.8) is 0 Å². The minimum Gasteiger partial charge on any atom is -0.393 e. The van der Waals surface area contributed by atoms with Gasteiger partial charge in [0.05, 0.1) is 18.2 Å². The molecule has 0 saturated carbocycles. The van der Waals surface area contributed by atoms with E-state index in [0.717, 1.165) is 38.9 Å². The monoisotopic (exact) mass is 389 g/mol. The maximum Gasteiger partial charge on any atom is 0.263 e. The zero-order valence-corrected chi connectivity index (χ0v) is 16.3. The second-order valence-electron chi connectivity index (χ2n) is 7.65. The molecule has 2 saturated heterocycles. The van der Waals surface area contributed by atoms with Gasteiger partial charge in [-0.05, 0) is 53.1 Å². The van der Waals surface area contributed by atoms with Crippen molar-refractivity contribution in [1.29, 1.82) is 0 Å². The highest BCUT2D eigenvalue weighted by molar-refractivity contribution is 6.28. The van der Waals surface area contributed by atoms with Crippen LogP contribution in [0.5, 0.6) is 0 Å². The van der Waals surface area contributed by atoms with Crippen LogP contribution < -0.4 is 5.32 Å². The standard InChI is InChI=1S/C20H26ClN4O2/c1-2-13-3-5-14(6-4-13)15-9-16(19-23-20(21)24-27-19)12-25(11-15)18-10-17(26)7-8-22-18/h3-6,15-18,26H,2,7-12H2,1H3. The molecule has 1 N–H and O–H groups in total. The van der Waals surface area contributed by atoms with Gasteiger partial charge in [0.15, 0.2) is 0 Å². The number of aryl methyl sites for hydroxylation is 1. The second kappa shape index (κ2) is 8.27.